The van der Waals surface area contributed by atoms with E-state index in [1.807, 2.05) is 78.9 Å². The van der Waals surface area contributed by atoms with Gasteiger partial charge in [-0.1, -0.05) is 82.2 Å². The second-order valence-corrected chi connectivity index (χ2v) is 13.1. The second-order valence-electron chi connectivity index (χ2n) is 11.5. The number of thiol groups is 1. The number of nitriles is 2. The van der Waals surface area contributed by atoms with Gasteiger partial charge in [-0.15, -0.1) is 24.0 Å². The highest BCUT2D eigenvalue weighted by molar-refractivity contribution is 7.85. The van der Waals surface area contributed by atoms with Gasteiger partial charge in [-0.2, -0.15) is 10.5 Å². The summed E-state index contributed by atoms with van der Waals surface area (Å²) in [5.41, 5.74) is 4.92. The SMILES string of the molecule is C=C(S)/C(C#N)=c1\[nH]c(-c2ccc(OCC(CC)CCCC)cc2)c2/c(=C(\C#N)c3nc4ccccc4s3)[nH]c(-c3ccccc3)c12. The Kier molecular flexibility index (Phi) is 9.63. The number of nitrogens with one attached hydrogen (secondary N) is 2. The fourth-order valence-electron chi connectivity index (χ4n) is 5.95. The quantitative estimate of drug-likeness (QED) is 0.122. The third-order valence-electron chi connectivity index (χ3n) is 8.50. The molecule has 6 nitrogen and oxygen atoms in total. The maximum Gasteiger partial charge on any atom is 0.137 e. The highest BCUT2D eigenvalue weighted by atomic mass is 32.1. The van der Waals surface area contributed by atoms with Crippen LogP contribution in [0.3, 0.4) is 0 Å². The Morgan fingerprint density at radius 3 is 2.19 bits per heavy atom. The van der Waals surface area contributed by atoms with Crippen LogP contribution in [0.5, 0.6) is 5.75 Å². The van der Waals surface area contributed by atoms with E-state index in [-0.39, 0.29) is 0 Å². The summed E-state index contributed by atoms with van der Waals surface area (Å²) < 4.78 is 7.21. The Bertz CT molecular complexity index is 2250. The fourth-order valence-corrected chi connectivity index (χ4v) is 7.08. The van der Waals surface area contributed by atoms with Crippen molar-refractivity contribution in [3.05, 3.63) is 106 Å². The number of fused-ring (bicyclic) bond motifs is 2. The van der Waals surface area contributed by atoms with Crippen molar-refractivity contribution >= 4 is 56.1 Å². The first-order valence-corrected chi connectivity index (χ1v) is 17.1. The molecule has 0 amide bonds. The molecule has 1 unspecified atom stereocenters. The van der Waals surface area contributed by atoms with Crippen LogP contribution in [0.4, 0.5) is 0 Å². The van der Waals surface area contributed by atoms with E-state index < -0.39 is 0 Å². The lowest BCUT2D eigenvalue weighted by atomic mass is 10.0. The van der Waals surface area contributed by atoms with Crippen LogP contribution < -0.4 is 15.4 Å². The van der Waals surface area contributed by atoms with Crippen molar-refractivity contribution in [1.29, 1.82) is 10.5 Å². The Balaban J connectivity index is 1.62. The normalized spacial score (nSPS) is 13.2. The number of thiazole rings is 1. The molecule has 234 valence electrons. The summed E-state index contributed by atoms with van der Waals surface area (Å²) >= 11 is 5.97. The van der Waals surface area contributed by atoms with Crippen LogP contribution in [0.15, 0.2) is 90.3 Å². The van der Waals surface area contributed by atoms with E-state index in [9.17, 15) is 10.5 Å². The number of hydrogen-bond donors (Lipinski definition) is 3. The van der Waals surface area contributed by atoms with Crippen LogP contribution in [0.2, 0.25) is 0 Å². The Labute approximate surface area is 283 Å². The number of nitrogens with zero attached hydrogens (tertiary/aromatic N) is 3. The molecule has 1 atom stereocenters. The summed E-state index contributed by atoms with van der Waals surface area (Å²) in [7, 11) is 0. The van der Waals surface area contributed by atoms with Crippen LogP contribution in [0.25, 0.3) is 54.7 Å². The lowest BCUT2D eigenvalue weighted by Crippen LogP contribution is -2.11. The number of H-pyrrole nitrogens is 2. The molecule has 0 aliphatic heterocycles. The third-order valence-corrected chi connectivity index (χ3v) is 9.78. The number of allylic oxidation sites excluding steroid dienone is 1. The molecule has 0 spiro atoms. The van der Waals surface area contributed by atoms with E-state index >= 15 is 0 Å². The molecule has 6 aromatic rings. The van der Waals surface area contributed by atoms with Gasteiger partial charge in [0, 0.05) is 15.7 Å². The van der Waals surface area contributed by atoms with Gasteiger partial charge in [0.15, 0.2) is 0 Å². The molecule has 47 heavy (non-hydrogen) atoms. The first-order valence-electron chi connectivity index (χ1n) is 15.8. The average molecular weight is 654 g/mol. The van der Waals surface area contributed by atoms with Crippen molar-refractivity contribution < 1.29 is 4.74 Å². The number of hydrogen-bond acceptors (Lipinski definition) is 6. The van der Waals surface area contributed by atoms with Gasteiger partial charge >= 0.3 is 0 Å². The van der Waals surface area contributed by atoms with Crippen molar-refractivity contribution in [1.82, 2.24) is 15.0 Å². The smallest absolute Gasteiger partial charge is 0.137 e. The van der Waals surface area contributed by atoms with E-state index in [4.69, 9.17) is 9.72 Å². The molecule has 2 N–H and O–H groups in total. The zero-order valence-corrected chi connectivity index (χ0v) is 28.1. The summed E-state index contributed by atoms with van der Waals surface area (Å²) in [5.74, 6) is 1.33. The van der Waals surface area contributed by atoms with E-state index in [1.54, 1.807) is 0 Å². The van der Waals surface area contributed by atoms with Crippen molar-refractivity contribution in [3.63, 3.8) is 0 Å². The molecule has 3 aromatic heterocycles. The monoisotopic (exact) mass is 653 g/mol. The Morgan fingerprint density at radius 1 is 0.894 bits per heavy atom. The molecule has 8 heteroatoms. The maximum absolute atomic E-state index is 10.7. The molecule has 0 bridgehead atoms. The molecule has 0 radical (unpaired) electrons. The van der Waals surface area contributed by atoms with Gasteiger partial charge in [-0.3, -0.25) is 0 Å². The van der Waals surface area contributed by atoms with Gasteiger partial charge in [0.1, 0.15) is 28.5 Å². The molecular formula is C39H35N5OS2. The molecule has 3 heterocycles. The van der Waals surface area contributed by atoms with Crippen LogP contribution >= 0.6 is 24.0 Å². The van der Waals surface area contributed by atoms with Gasteiger partial charge in [0.05, 0.1) is 44.5 Å². The lowest BCUT2D eigenvalue weighted by Gasteiger charge is -2.15. The van der Waals surface area contributed by atoms with Crippen LogP contribution in [-0.4, -0.2) is 21.6 Å². The Morgan fingerprint density at radius 2 is 1.55 bits per heavy atom. The number of benzene rings is 3. The maximum atomic E-state index is 10.7. The van der Waals surface area contributed by atoms with Crippen molar-refractivity contribution in [2.45, 2.75) is 39.5 Å². The number of aromatic nitrogens is 3. The predicted octanol–water partition coefficient (Wildman–Crippen LogP) is 8.88. The van der Waals surface area contributed by atoms with Crippen molar-refractivity contribution in [2.24, 2.45) is 5.92 Å². The molecule has 6 rings (SSSR count). The average Bonchev–Trinajstić information content (AvgIpc) is 3.80. The summed E-state index contributed by atoms with van der Waals surface area (Å²) in [6.07, 6.45) is 4.63. The minimum Gasteiger partial charge on any atom is -0.493 e. The van der Waals surface area contributed by atoms with Crippen LogP contribution in [0, 0.1) is 28.6 Å². The van der Waals surface area contributed by atoms with Crippen molar-refractivity contribution in [3.8, 4) is 40.4 Å². The van der Waals surface area contributed by atoms with Gasteiger partial charge in [-0.05, 0) is 59.9 Å². The standard InChI is InChI=1S/C39H35N5OS2/c1-4-6-12-25(5-2)23-45-28-19-17-27(18-20-28)36-34-33(37(43-36)29(21-40)24(3)46)35(26-13-8-7-9-14-26)44-38(34)30(22-41)39-42-31-15-10-11-16-32(31)47-39/h7-11,13-20,25,43-44,46H,3-6,12,23H2,1-2H3/b37-29-,38-30-. The first-order chi connectivity index (χ1) is 23.0. The van der Waals surface area contributed by atoms with Gasteiger partial charge in [0.25, 0.3) is 0 Å². The number of ether oxygens (including phenoxy) is 1. The third kappa shape index (κ3) is 6.36. The summed E-state index contributed by atoms with van der Waals surface area (Å²) in [6.45, 7) is 9.10. The molecule has 0 fully saturated rings. The largest absolute Gasteiger partial charge is 0.493 e. The highest BCUT2D eigenvalue weighted by Gasteiger charge is 2.23. The molecule has 0 saturated heterocycles. The van der Waals surface area contributed by atoms with Gasteiger partial charge in [-0.25, -0.2) is 4.98 Å². The fraction of sp³-hybridized carbons (Fsp3) is 0.205. The predicted molar refractivity (Wildman–Crippen MR) is 196 cm³/mol. The Hall–Kier alpha value is -5.02. The van der Waals surface area contributed by atoms with Gasteiger partial charge < -0.3 is 14.7 Å². The number of unbranched alkanes of at least 4 members (excludes halogenated alkanes) is 1. The van der Waals surface area contributed by atoms with Crippen molar-refractivity contribution in [2.75, 3.05) is 6.61 Å². The lowest BCUT2D eigenvalue weighted by molar-refractivity contribution is 0.233. The first kappa shape index (κ1) is 31.9. The minimum absolute atomic E-state index is 0.323. The van der Waals surface area contributed by atoms with E-state index in [0.717, 1.165) is 62.1 Å². The molecule has 3 aromatic carbocycles. The van der Waals surface area contributed by atoms with E-state index in [1.165, 1.54) is 24.2 Å². The number of rotatable bonds is 11. The second kappa shape index (κ2) is 14.2. The number of aromatic amines is 2. The summed E-state index contributed by atoms with van der Waals surface area (Å²) in [6, 6.07) is 30.5. The van der Waals surface area contributed by atoms with Crippen LogP contribution in [0.1, 0.15) is 44.5 Å². The zero-order chi connectivity index (χ0) is 32.9. The molecule has 0 aliphatic carbocycles. The minimum atomic E-state index is 0.323. The zero-order valence-electron chi connectivity index (χ0n) is 26.4. The van der Waals surface area contributed by atoms with E-state index in [2.05, 4.69) is 55.2 Å². The number of para-hydroxylation sites is 1. The molecule has 0 aliphatic rings. The van der Waals surface area contributed by atoms with E-state index in [0.29, 0.717) is 44.3 Å². The molecule has 0 saturated carbocycles. The summed E-state index contributed by atoms with van der Waals surface area (Å²) in [4.78, 5) is 12.3. The van der Waals surface area contributed by atoms with Gasteiger partial charge in [0.2, 0.25) is 0 Å². The molecular weight excluding hydrogens is 619 g/mol. The van der Waals surface area contributed by atoms with Crippen LogP contribution in [-0.2, 0) is 0 Å². The topological polar surface area (TPSA) is 101 Å². The highest BCUT2D eigenvalue weighted by Crippen LogP contribution is 2.34. The summed E-state index contributed by atoms with van der Waals surface area (Å²) in [5, 5.41) is 24.3.